The fraction of sp³-hybridized carbons (Fsp3) is 0.0588. The standard InChI is InChI=1S/C17H12FN5OS/c1-23-16(20-21-22-23)10-4-2-5-11(8-10)19-17(24)15-9-12-13(18)6-3-7-14(12)25-15/h2-9H,1H3,(H,19,24). The van der Waals surface area contributed by atoms with Gasteiger partial charge in [0, 0.05) is 28.4 Å². The van der Waals surface area contributed by atoms with Crippen LogP contribution in [-0.2, 0) is 7.05 Å². The summed E-state index contributed by atoms with van der Waals surface area (Å²) in [5.74, 6) is -0.0153. The molecular formula is C17H12FN5OS. The Morgan fingerprint density at radius 2 is 2.04 bits per heavy atom. The average molecular weight is 353 g/mol. The summed E-state index contributed by atoms with van der Waals surface area (Å²) in [5, 5.41) is 14.6. The lowest BCUT2D eigenvalue weighted by Gasteiger charge is -2.05. The van der Waals surface area contributed by atoms with E-state index in [1.54, 1.807) is 42.1 Å². The van der Waals surface area contributed by atoms with Crippen LogP contribution in [-0.4, -0.2) is 26.1 Å². The van der Waals surface area contributed by atoms with Crippen LogP contribution in [0.1, 0.15) is 9.67 Å². The Bertz CT molecular complexity index is 1090. The van der Waals surface area contributed by atoms with Crippen LogP contribution in [0.3, 0.4) is 0 Å². The maximum absolute atomic E-state index is 13.8. The summed E-state index contributed by atoms with van der Waals surface area (Å²) in [6, 6.07) is 13.6. The molecule has 8 heteroatoms. The molecule has 0 aliphatic heterocycles. The molecule has 124 valence electrons. The van der Waals surface area contributed by atoms with E-state index in [4.69, 9.17) is 0 Å². The molecule has 0 saturated heterocycles. The van der Waals surface area contributed by atoms with Crippen molar-refractivity contribution < 1.29 is 9.18 Å². The minimum Gasteiger partial charge on any atom is -0.321 e. The molecule has 6 nitrogen and oxygen atoms in total. The second-order valence-electron chi connectivity index (χ2n) is 5.42. The molecule has 4 aromatic rings. The van der Waals surface area contributed by atoms with Crippen LogP contribution < -0.4 is 5.32 Å². The van der Waals surface area contributed by atoms with E-state index in [0.717, 1.165) is 10.3 Å². The number of carbonyl (C=O) groups is 1. The van der Waals surface area contributed by atoms with Gasteiger partial charge in [0.1, 0.15) is 5.82 Å². The molecule has 2 aromatic carbocycles. The lowest BCUT2D eigenvalue weighted by atomic mass is 10.2. The molecule has 1 amide bonds. The molecule has 0 atom stereocenters. The number of carbonyl (C=O) groups excluding carboxylic acids is 1. The number of anilines is 1. The van der Waals surface area contributed by atoms with Crippen LogP contribution >= 0.6 is 11.3 Å². The average Bonchev–Trinajstić information content (AvgIpc) is 3.22. The molecule has 0 spiro atoms. The SMILES string of the molecule is Cn1nnnc1-c1cccc(NC(=O)c2cc3c(F)cccc3s2)c1. The van der Waals surface area contributed by atoms with Crippen molar-refractivity contribution in [1.29, 1.82) is 0 Å². The van der Waals surface area contributed by atoms with Gasteiger partial charge in [-0.3, -0.25) is 4.79 Å². The fourth-order valence-electron chi connectivity index (χ4n) is 2.54. The van der Waals surface area contributed by atoms with Crippen molar-refractivity contribution in [2.45, 2.75) is 0 Å². The van der Waals surface area contributed by atoms with Gasteiger partial charge in [0.15, 0.2) is 5.82 Å². The van der Waals surface area contributed by atoms with Crippen molar-refractivity contribution in [3.8, 4) is 11.4 Å². The molecule has 25 heavy (non-hydrogen) atoms. The Balaban J connectivity index is 1.62. The van der Waals surface area contributed by atoms with E-state index in [1.165, 1.54) is 17.4 Å². The largest absolute Gasteiger partial charge is 0.321 e. The van der Waals surface area contributed by atoms with Gasteiger partial charge in [0.05, 0.1) is 4.88 Å². The van der Waals surface area contributed by atoms with Crippen molar-refractivity contribution >= 4 is 33.0 Å². The molecule has 2 heterocycles. The molecule has 1 N–H and O–H groups in total. The zero-order valence-corrected chi connectivity index (χ0v) is 13.9. The van der Waals surface area contributed by atoms with Crippen LogP contribution in [0.25, 0.3) is 21.5 Å². The molecular weight excluding hydrogens is 341 g/mol. The number of aryl methyl sites for hydroxylation is 1. The van der Waals surface area contributed by atoms with E-state index in [0.29, 0.717) is 21.8 Å². The molecule has 0 aliphatic rings. The van der Waals surface area contributed by atoms with Crippen molar-refractivity contribution in [2.75, 3.05) is 5.32 Å². The quantitative estimate of drug-likeness (QED) is 0.612. The smallest absolute Gasteiger partial charge is 0.265 e. The Morgan fingerprint density at radius 1 is 1.20 bits per heavy atom. The molecule has 0 radical (unpaired) electrons. The lowest BCUT2D eigenvalue weighted by Crippen LogP contribution is -2.10. The van der Waals surface area contributed by atoms with E-state index in [-0.39, 0.29) is 11.7 Å². The van der Waals surface area contributed by atoms with Crippen LogP contribution in [0, 0.1) is 5.82 Å². The molecule has 4 rings (SSSR count). The highest BCUT2D eigenvalue weighted by atomic mass is 32.1. The number of benzene rings is 2. The van der Waals surface area contributed by atoms with Crippen molar-refractivity contribution in [3.63, 3.8) is 0 Å². The minimum atomic E-state index is -0.329. The highest BCUT2D eigenvalue weighted by Crippen LogP contribution is 2.28. The molecule has 0 bridgehead atoms. The first-order valence-corrected chi connectivity index (χ1v) is 8.26. The predicted octanol–water partition coefficient (Wildman–Crippen LogP) is 3.48. The number of hydrogen-bond donors (Lipinski definition) is 1. The van der Waals surface area contributed by atoms with Gasteiger partial charge in [-0.1, -0.05) is 18.2 Å². The van der Waals surface area contributed by atoms with Gasteiger partial charge in [0.2, 0.25) is 0 Å². The summed E-state index contributed by atoms with van der Waals surface area (Å²) in [7, 11) is 1.74. The van der Waals surface area contributed by atoms with E-state index >= 15 is 0 Å². The minimum absolute atomic E-state index is 0.283. The summed E-state index contributed by atoms with van der Waals surface area (Å²) >= 11 is 1.25. The molecule has 0 fully saturated rings. The van der Waals surface area contributed by atoms with E-state index in [1.807, 2.05) is 12.1 Å². The highest BCUT2D eigenvalue weighted by Gasteiger charge is 2.13. The number of halogens is 1. The van der Waals surface area contributed by atoms with Gasteiger partial charge in [-0.2, -0.15) is 0 Å². The van der Waals surface area contributed by atoms with Gasteiger partial charge in [-0.05, 0) is 40.8 Å². The number of aromatic nitrogens is 4. The number of amides is 1. The fourth-order valence-corrected chi connectivity index (χ4v) is 3.51. The van der Waals surface area contributed by atoms with Gasteiger partial charge in [-0.15, -0.1) is 16.4 Å². The normalized spacial score (nSPS) is 11.0. The van der Waals surface area contributed by atoms with Crippen LogP contribution in [0.5, 0.6) is 0 Å². The van der Waals surface area contributed by atoms with Crippen molar-refractivity contribution in [1.82, 2.24) is 20.2 Å². The highest BCUT2D eigenvalue weighted by molar-refractivity contribution is 7.20. The van der Waals surface area contributed by atoms with Crippen LogP contribution in [0.4, 0.5) is 10.1 Å². The van der Waals surface area contributed by atoms with Gasteiger partial charge in [-0.25, -0.2) is 9.07 Å². The third kappa shape index (κ3) is 2.87. The number of fused-ring (bicyclic) bond motifs is 1. The predicted molar refractivity (Wildman–Crippen MR) is 94.0 cm³/mol. The first kappa shape index (κ1) is 15.4. The number of nitrogens with one attached hydrogen (secondary N) is 1. The third-order valence-corrected chi connectivity index (χ3v) is 4.83. The van der Waals surface area contributed by atoms with Crippen LogP contribution in [0.15, 0.2) is 48.5 Å². The Labute approximate surface area is 145 Å². The summed E-state index contributed by atoms with van der Waals surface area (Å²) in [6.45, 7) is 0. The zero-order chi connectivity index (χ0) is 17.4. The first-order valence-electron chi connectivity index (χ1n) is 7.44. The summed E-state index contributed by atoms with van der Waals surface area (Å²) in [4.78, 5) is 12.9. The number of thiophene rings is 1. The molecule has 0 unspecified atom stereocenters. The zero-order valence-electron chi connectivity index (χ0n) is 13.1. The van der Waals surface area contributed by atoms with Crippen molar-refractivity contribution in [3.05, 3.63) is 59.2 Å². The maximum atomic E-state index is 13.8. The summed E-state index contributed by atoms with van der Waals surface area (Å²) in [6.07, 6.45) is 0. The summed E-state index contributed by atoms with van der Waals surface area (Å²) < 4.78 is 16.1. The maximum Gasteiger partial charge on any atom is 0.265 e. The number of rotatable bonds is 3. The van der Waals surface area contributed by atoms with Crippen molar-refractivity contribution in [2.24, 2.45) is 7.05 Å². The van der Waals surface area contributed by atoms with Gasteiger partial charge >= 0.3 is 0 Å². The third-order valence-electron chi connectivity index (χ3n) is 3.73. The van der Waals surface area contributed by atoms with E-state index in [2.05, 4.69) is 20.8 Å². The molecule has 0 saturated carbocycles. The second-order valence-corrected chi connectivity index (χ2v) is 6.51. The summed E-state index contributed by atoms with van der Waals surface area (Å²) in [5.41, 5.74) is 1.40. The number of nitrogens with zero attached hydrogens (tertiary/aromatic N) is 4. The lowest BCUT2D eigenvalue weighted by molar-refractivity contribution is 0.103. The second kappa shape index (κ2) is 6.06. The monoisotopic (exact) mass is 353 g/mol. The topological polar surface area (TPSA) is 72.7 Å². The first-order chi connectivity index (χ1) is 12.1. The number of hydrogen-bond acceptors (Lipinski definition) is 5. The Morgan fingerprint density at radius 3 is 2.80 bits per heavy atom. The Hall–Kier alpha value is -3.13. The molecule has 2 aromatic heterocycles. The van der Waals surface area contributed by atoms with Gasteiger partial charge < -0.3 is 5.32 Å². The molecule has 0 aliphatic carbocycles. The van der Waals surface area contributed by atoms with Crippen LogP contribution in [0.2, 0.25) is 0 Å². The number of tetrazole rings is 1. The van der Waals surface area contributed by atoms with E-state index < -0.39 is 0 Å². The Kier molecular flexibility index (Phi) is 3.73. The van der Waals surface area contributed by atoms with E-state index in [9.17, 15) is 9.18 Å². The van der Waals surface area contributed by atoms with Gasteiger partial charge in [0.25, 0.3) is 5.91 Å².